The van der Waals surface area contributed by atoms with Gasteiger partial charge in [-0.1, -0.05) is 0 Å². The Hall–Kier alpha value is -1.36. The van der Waals surface area contributed by atoms with Gasteiger partial charge >= 0.3 is 0 Å². The maximum Gasteiger partial charge on any atom is 0.240 e. The average molecular weight is 236 g/mol. The Labute approximate surface area is 102 Å². The summed E-state index contributed by atoms with van der Waals surface area (Å²) in [5, 5.41) is 10.4. The maximum absolute atomic E-state index is 11.9. The van der Waals surface area contributed by atoms with Gasteiger partial charge in [-0.2, -0.15) is 5.10 Å². The van der Waals surface area contributed by atoms with Crippen molar-refractivity contribution in [2.75, 3.05) is 13.1 Å². The Kier molecular flexibility index (Phi) is 3.78. The molecule has 0 bridgehead atoms. The molecule has 1 atom stereocenters. The first-order valence-corrected chi connectivity index (χ1v) is 6.21. The summed E-state index contributed by atoms with van der Waals surface area (Å²) in [4.78, 5) is 11.9. The Morgan fingerprint density at radius 2 is 2.53 bits per heavy atom. The molecule has 1 fully saturated rings. The van der Waals surface area contributed by atoms with E-state index >= 15 is 0 Å². The summed E-state index contributed by atoms with van der Waals surface area (Å²) in [6.45, 7) is 4.47. The van der Waals surface area contributed by atoms with Crippen molar-refractivity contribution in [3.05, 3.63) is 18.5 Å². The molecule has 0 radical (unpaired) electrons. The summed E-state index contributed by atoms with van der Waals surface area (Å²) in [6, 6.07) is 1.90. The van der Waals surface area contributed by atoms with E-state index < -0.39 is 0 Å². The number of hydrogen-bond donors (Lipinski definition) is 2. The fraction of sp³-hybridized carbons (Fsp3) is 0.667. The van der Waals surface area contributed by atoms with Crippen molar-refractivity contribution in [1.29, 1.82) is 0 Å². The van der Waals surface area contributed by atoms with Crippen molar-refractivity contribution < 1.29 is 4.79 Å². The smallest absolute Gasteiger partial charge is 0.240 e. The van der Waals surface area contributed by atoms with Gasteiger partial charge in [-0.25, -0.2) is 0 Å². The number of amides is 1. The van der Waals surface area contributed by atoms with Crippen molar-refractivity contribution in [3.63, 3.8) is 0 Å². The lowest BCUT2D eigenvalue weighted by atomic mass is 9.99. The van der Waals surface area contributed by atoms with Gasteiger partial charge in [-0.15, -0.1) is 0 Å². The molecule has 1 aliphatic heterocycles. The molecule has 1 aliphatic rings. The second kappa shape index (κ2) is 5.31. The highest BCUT2D eigenvalue weighted by Gasteiger charge is 2.35. The van der Waals surface area contributed by atoms with Crippen molar-refractivity contribution in [3.8, 4) is 0 Å². The van der Waals surface area contributed by atoms with Crippen LogP contribution in [0.5, 0.6) is 0 Å². The Morgan fingerprint density at radius 1 is 1.65 bits per heavy atom. The number of hydrogen-bond acceptors (Lipinski definition) is 3. The highest BCUT2D eigenvalue weighted by molar-refractivity contribution is 5.86. The van der Waals surface area contributed by atoms with Crippen LogP contribution in [-0.4, -0.2) is 34.3 Å². The number of aromatic nitrogens is 2. The first-order chi connectivity index (χ1) is 8.21. The molecule has 0 saturated carbocycles. The van der Waals surface area contributed by atoms with Crippen LogP contribution >= 0.6 is 0 Å². The van der Waals surface area contributed by atoms with E-state index in [4.69, 9.17) is 0 Å². The lowest BCUT2D eigenvalue weighted by Crippen LogP contribution is -2.51. The molecule has 1 saturated heterocycles. The molecule has 5 heteroatoms. The molecule has 2 heterocycles. The number of nitrogens with one attached hydrogen (secondary N) is 2. The molecule has 0 aliphatic carbocycles. The Morgan fingerprint density at radius 3 is 3.18 bits per heavy atom. The van der Waals surface area contributed by atoms with Crippen molar-refractivity contribution in [2.45, 2.75) is 38.3 Å². The van der Waals surface area contributed by atoms with Crippen LogP contribution in [0.25, 0.3) is 0 Å². The molecular weight excluding hydrogens is 216 g/mol. The fourth-order valence-electron chi connectivity index (χ4n) is 2.16. The van der Waals surface area contributed by atoms with Gasteiger partial charge in [0.1, 0.15) is 0 Å². The van der Waals surface area contributed by atoms with Crippen LogP contribution in [0.15, 0.2) is 18.5 Å². The molecule has 1 amide bonds. The van der Waals surface area contributed by atoms with E-state index in [1.165, 1.54) is 0 Å². The first-order valence-electron chi connectivity index (χ1n) is 6.21. The molecule has 2 N–H and O–H groups in total. The second-order valence-corrected chi connectivity index (χ2v) is 4.74. The number of aryl methyl sites for hydroxylation is 1. The number of carbonyl (C=O) groups excluding carboxylic acids is 1. The van der Waals surface area contributed by atoms with Crippen LogP contribution in [0.2, 0.25) is 0 Å². The highest BCUT2D eigenvalue weighted by Crippen LogP contribution is 2.18. The zero-order chi connectivity index (χ0) is 12.1. The normalized spacial score (nSPS) is 23.8. The van der Waals surface area contributed by atoms with Gasteiger partial charge in [0.25, 0.3) is 0 Å². The molecule has 1 unspecified atom stereocenters. The number of carbonyl (C=O) groups is 1. The third kappa shape index (κ3) is 3.06. The summed E-state index contributed by atoms with van der Waals surface area (Å²) in [6.07, 6.45) is 6.61. The van der Waals surface area contributed by atoms with Gasteiger partial charge in [-0.3, -0.25) is 9.48 Å². The van der Waals surface area contributed by atoms with Gasteiger partial charge in [0, 0.05) is 25.5 Å². The topological polar surface area (TPSA) is 59.0 Å². The van der Waals surface area contributed by atoms with Gasteiger partial charge in [0.05, 0.1) is 5.54 Å². The average Bonchev–Trinajstić information content (AvgIpc) is 2.96. The van der Waals surface area contributed by atoms with Crippen molar-refractivity contribution in [1.82, 2.24) is 20.4 Å². The van der Waals surface area contributed by atoms with E-state index in [2.05, 4.69) is 15.7 Å². The van der Waals surface area contributed by atoms with Crippen LogP contribution in [0, 0.1) is 0 Å². The fourth-order valence-corrected chi connectivity index (χ4v) is 2.16. The molecule has 94 valence electrons. The second-order valence-electron chi connectivity index (χ2n) is 4.74. The maximum atomic E-state index is 11.9. The predicted octanol–water partition coefficient (Wildman–Crippen LogP) is 0.531. The summed E-state index contributed by atoms with van der Waals surface area (Å²) in [5.41, 5.74) is -0.355. The minimum absolute atomic E-state index is 0.121. The first kappa shape index (κ1) is 12.1. The van der Waals surface area contributed by atoms with E-state index in [0.29, 0.717) is 6.54 Å². The summed E-state index contributed by atoms with van der Waals surface area (Å²) in [5.74, 6) is 0.121. The standard InChI is InChI=1S/C12H20N4O/c1-12(5-2-7-14-12)11(17)13-6-3-9-16-10-4-8-15-16/h4,8,10,14H,2-3,5-7,9H2,1H3,(H,13,17). The molecular formula is C12H20N4O. The lowest BCUT2D eigenvalue weighted by Gasteiger charge is -2.22. The van der Waals surface area contributed by atoms with E-state index in [9.17, 15) is 4.79 Å². The summed E-state index contributed by atoms with van der Waals surface area (Å²) >= 11 is 0. The van der Waals surface area contributed by atoms with Crippen LogP contribution < -0.4 is 10.6 Å². The zero-order valence-corrected chi connectivity index (χ0v) is 10.3. The minimum Gasteiger partial charge on any atom is -0.354 e. The van der Waals surface area contributed by atoms with Gasteiger partial charge in [0.2, 0.25) is 5.91 Å². The quantitative estimate of drug-likeness (QED) is 0.733. The van der Waals surface area contributed by atoms with E-state index in [0.717, 1.165) is 32.4 Å². The monoisotopic (exact) mass is 236 g/mol. The highest BCUT2D eigenvalue weighted by atomic mass is 16.2. The molecule has 1 aromatic heterocycles. The summed E-state index contributed by atoms with van der Waals surface area (Å²) in [7, 11) is 0. The minimum atomic E-state index is -0.355. The number of nitrogens with zero attached hydrogens (tertiary/aromatic N) is 2. The van der Waals surface area contributed by atoms with Gasteiger partial charge in [0.15, 0.2) is 0 Å². The van der Waals surface area contributed by atoms with Crippen LogP contribution in [0.1, 0.15) is 26.2 Å². The third-order valence-electron chi connectivity index (χ3n) is 3.28. The van der Waals surface area contributed by atoms with Crippen molar-refractivity contribution in [2.24, 2.45) is 0 Å². The van der Waals surface area contributed by atoms with Crippen LogP contribution in [0.3, 0.4) is 0 Å². The lowest BCUT2D eigenvalue weighted by molar-refractivity contribution is -0.126. The zero-order valence-electron chi connectivity index (χ0n) is 10.3. The Bertz CT molecular complexity index is 355. The van der Waals surface area contributed by atoms with Crippen molar-refractivity contribution >= 4 is 5.91 Å². The SMILES string of the molecule is CC1(C(=O)NCCCn2cccn2)CCCN1. The van der Waals surface area contributed by atoms with E-state index in [1.54, 1.807) is 6.20 Å². The van der Waals surface area contributed by atoms with Gasteiger partial charge < -0.3 is 10.6 Å². The number of rotatable bonds is 5. The molecule has 0 spiro atoms. The predicted molar refractivity (Wildman–Crippen MR) is 65.5 cm³/mol. The van der Waals surface area contributed by atoms with Gasteiger partial charge in [-0.05, 0) is 38.8 Å². The largest absolute Gasteiger partial charge is 0.354 e. The third-order valence-corrected chi connectivity index (χ3v) is 3.28. The molecule has 0 aromatic carbocycles. The summed E-state index contributed by atoms with van der Waals surface area (Å²) < 4.78 is 1.88. The van der Waals surface area contributed by atoms with E-state index in [-0.39, 0.29) is 11.4 Å². The molecule has 5 nitrogen and oxygen atoms in total. The van der Waals surface area contributed by atoms with Crippen LogP contribution in [0.4, 0.5) is 0 Å². The molecule has 1 aromatic rings. The van der Waals surface area contributed by atoms with Crippen LogP contribution in [-0.2, 0) is 11.3 Å². The molecule has 17 heavy (non-hydrogen) atoms. The Balaban J connectivity index is 1.66. The van der Waals surface area contributed by atoms with E-state index in [1.807, 2.05) is 23.9 Å². The molecule has 2 rings (SSSR count).